The maximum absolute atomic E-state index is 12.3. The second-order valence-electron chi connectivity index (χ2n) is 4.37. The summed E-state index contributed by atoms with van der Waals surface area (Å²) in [4.78, 5) is 24.7. The molecule has 4 nitrogen and oxygen atoms in total. The molecule has 106 valence electrons. The molecular weight excluding hydrogens is 312 g/mol. The summed E-state index contributed by atoms with van der Waals surface area (Å²) in [6.45, 7) is 7.47. The van der Waals surface area contributed by atoms with E-state index in [0.29, 0.717) is 5.57 Å². The van der Waals surface area contributed by atoms with Crippen LogP contribution in [0.15, 0.2) is 23.2 Å². The molecule has 0 saturated heterocycles. The molecule has 19 heavy (non-hydrogen) atoms. The number of hydrogen-bond acceptors (Lipinski definition) is 4. The van der Waals surface area contributed by atoms with Crippen molar-refractivity contribution >= 4 is 27.9 Å². The van der Waals surface area contributed by atoms with Crippen LogP contribution in [-0.2, 0) is 19.1 Å². The fourth-order valence-electron chi connectivity index (χ4n) is 2.29. The minimum absolute atomic E-state index is 0.130. The van der Waals surface area contributed by atoms with Crippen molar-refractivity contribution < 1.29 is 20.4 Å². The molecule has 0 spiro atoms. The normalized spacial score (nSPS) is 24.4. The van der Waals surface area contributed by atoms with Gasteiger partial charge in [0, 0.05) is 0 Å². The van der Waals surface area contributed by atoms with Gasteiger partial charge in [-0.1, -0.05) is 27.6 Å². The van der Waals surface area contributed by atoms with Gasteiger partial charge in [0.1, 0.15) is 0 Å². The summed E-state index contributed by atoms with van der Waals surface area (Å²) >= 11 is 3.10. The first kappa shape index (κ1) is 14.3. The van der Waals surface area contributed by atoms with E-state index in [1.165, 1.54) is 0 Å². The van der Waals surface area contributed by atoms with Crippen LogP contribution in [0.1, 0.15) is 28.1 Å². The largest absolute Gasteiger partial charge is 0.465 e. The summed E-state index contributed by atoms with van der Waals surface area (Å²) in [5.74, 6) is -1.39. The monoisotopic (exact) mass is 331 g/mol. The zero-order valence-electron chi connectivity index (χ0n) is 12.2. The molecule has 0 aromatic rings. The maximum Gasteiger partial charge on any atom is 0.323 e. The SMILES string of the molecule is [2H]/C(Br)=C1/CC(C(=O)OCC)(C(=O)OCC)CC1C=C. The van der Waals surface area contributed by atoms with E-state index in [2.05, 4.69) is 22.5 Å². The second kappa shape index (κ2) is 6.89. The molecule has 1 rings (SSSR count). The predicted molar refractivity (Wildman–Crippen MR) is 75.6 cm³/mol. The lowest BCUT2D eigenvalue weighted by Crippen LogP contribution is -2.40. The highest BCUT2D eigenvalue weighted by molar-refractivity contribution is 9.11. The van der Waals surface area contributed by atoms with Gasteiger partial charge in [-0.3, -0.25) is 9.59 Å². The molecule has 0 aliphatic heterocycles. The number of rotatable bonds is 5. The van der Waals surface area contributed by atoms with Crippen molar-refractivity contribution in [2.75, 3.05) is 13.2 Å². The maximum atomic E-state index is 12.3. The summed E-state index contributed by atoms with van der Waals surface area (Å²) < 4.78 is 17.8. The van der Waals surface area contributed by atoms with Crippen LogP contribution in [0.25, 0.3) is 0 Å². The molecular formula is C14H19BrO4. The Morgan fingerprint density at radius 3 is 2.32 bits per heavy atom. The van der Waals surface area contributed by atoms with Crippen LogP contribution in [0.3, 0.4) is 0 Å². The van der Waals surface area contributed by atoms with E-state index in [1.807, 2.05) is 0 Å². The molecule has 1 fully saturated rings. The third kappa shape index (κ3) is 3.08. The molecule has 0 N–H and O–H groups in total. The van der Waals surface area contributed by atoms with Crippen molar-refractivity contribution in [1.82, 2.24) is 0 Å². The molecule has 1 unspecified atom stereocenters. The Balaban J connectivity index is 3.21. The topological polar surface area (TPSA) is 52.6 Å². The average molecular weight is 332 g/mol. The first-order valence-corrected chi connectivity index (χ1v) is 7.04. The fraction of sp³-hybridized carbons (Fsp3) is 0.571. The molecule has 5 heteroatoms. The predicted octanol–water partition coefficient (Wildman–Crippen LogP) is 2.97. The van der Waals surface area contributed by atoms with Gasteiger partial charge in [0.15, 0.2) is 5.41 Å². The Labute approximate surface area is 123 Å². The summed E-state index contributed by atoms with van der Waals surface area (Å²) in [6, 6.07) is 0. The van der Waals surface area contributed by atoms with Crippen LogP contribution < -0.4 is 0 Å². The minimum atomic E-state index is -1.36. The third-order valence-corrected chi connectivity index (χ3v) is 3.76. The molecule has 0 aromatic carbocycles. The standard InChI is InChI=1S/C14H19BrO4/c1-4-10-7-14(8-11(10)9-15,12(16)18-5-2)13(17)19-6-3/h4,9-10H,1,5-8H2,2-3H3/b11-9+/i9D. The van der Waals surface area contributed by atoms with E-state index in [-0.39, 0.29) is 36.9 Å². The number of carbonyl (C=O) groups is 2. The minimum Gasteiger partial charge on any atom is -0.465 e. The van der Waals surface area contributed by atoms with E-state index in [4.69, 9.17) is 10.8 Å². The lowest BCUT2D eigenvalue weighted by molar-refractivity contribution is -0.171. The summed E-state index contributed by atoms with van der Waals surface area (Å²) in [5.41, 5.74) is -0.693. The number of hydrogen-bond donors (Lipinski definition) is 0. The lowest BCUT2D eigenvalue weighted by atomic mass is 9.85. The molecule has 0 bridgehead atoms. The average Bonchev–Trinajstić information content (AvgIpc) is 2.80. The van der Waals surface area contributed by atoms with E-state index >= 15 is 0 Å². The van der Waals surface area contributed by atoms with Gasteiger partial charge in [-0.2, -0.15) is 0 Å². The number of ether oxygens (including phenoxy) is 2. The van der Waals surface area contributed by atoms with E-state index in [1.54, 1.807) is 19.9 Å². The van der Waals surface area contributed by atoms with Crippen molar-refractivity contribution in [2.45, 2.75) is 26.7 Å². The first-order valence-electron chi connectivity index (χ1n) is 6.75. The Morgan fingerprint density at radius 1 is 1.47 bits per heavy atom. The first-order chi connectivity index (χ1) is 9.42. The van der Waals surface area contributed by atoms with Crippen LogP contribution in [0.5, 0.6) is 0 Å². The van der Waals surface area contributed by atoms with Gasteiger partial charge < -0.3 is 9.47 Å². The van der Waals surface area contributed by atoms with Crippen molar-refractivity contribution in [3.05, 3.63) is 23.2 Å². The molecule has 0 amide bonds. The van der Waals surface area contributed by atoms with Crippen LogP contribution >= 0.6 is 15.9 Å². The Morgan fingerprint density at radius 2 is 2.00 bits per heavy atom. The quantitative estimate of drug-likeness (QED) is 0.441. The van der Waals surface area contributed by atoms with Crippen molar-refractivity contribution in [2.24, 2.45) is 11.3 Å². The number of carbonyl (C=O) groups excluding carboxylic acids is 2. The molecule has 0 radical (unpaired) electrons. The van der Waals surface area contributed by atoms with Crippen LogP contribution in [0.4, 0.5) is 0 Å². The molecule has 0 heterocycles. The Hall–Kier alpha value is -1.10. The van der Waals surface area contributed by atoms with Gasteiger partial charge in [0.25, 0.3) is 0 Å². The highest BCUT2D eigenvalue weighted by Gasteiger charge is 2.55. The van der Waals surface area contributed by atoms with Gasteiger partial charge in [-0.15, -0.1) is 6.58 Å². The van der Waals surface area contributed by atoms with Crippen molar-refractivity contribution in [3.8, 4) is 0 Å². The van der Waals surface area contributed by atoms with Gasteiger partial charge in [0.05, 0.1) is 14.6 Å². The fourth-order valence-corrected chi connectivity index (χ4v) is 2.72. The van der Waals surface area contributed by atoms with Gasteiger partial charge in [-0.25, -0.2) is 0 Å². The zero-order chi connectivity index (χ0) is 15.3. The van der Waals surface area contributed by atoms with Crippen LogP contribution in [0.2, 0.25) is 0 Å². The summed E-state index contributed by atoms with van der Waals surface area (Å²) in [7, 11) is 0. The zero-order valence-corrected chi connectivity index (χ0v) is 12.8. The van der Waals surface area contributed by atoms with Crippen molar-refractivity contribution in [3.63, 3.8) is 0 Å². The summed E-state index contributed by atoms with van der Waals surface area (Å²) in [5, 5.41) is 0. The van der Waals surface area contributed by atoms with Gasteiger partial charge in [-0.05, 0) is 37.6 Å². The third-order valence-electron chi connectivity index (χ3n) is 3.25. The highest BCUT2D eigenvalue weighted by atomic mass is 79.9. The Kier molecular flexibility index (Phi) is 5.19. The van der Waals surface area contributed by atoms with E-state index in [9.17, 15) is 9.59 Å². The highest BCUT2D eigenvalue weighted by Crippen LogP contribution is 2.48. The number of esters is 2. The van der Waals surface area contributed by atoms with E-state index < -0.39 is 17.4 Å². The second-order valence-corrected chi connectivity index (χ2v) is 4.76. The lowest BCUT2D eigenvalue weighted by Gasteiger charge is -2.23. The smallest absolute Gasteiger partial charge is 0.323 e. The van der Waals surface area contributed by atoms with Crippen LogP contribution in [0, 0.1) is 11.3 Å². The van der Waals surface area contributed by atoms with Gasteiger partial charge in [0.2, 0.25) is 0 Å². The number of allylic oxidation sites excluding steroid dienone is 2. The molecule has 1 atom stereocenters. The van der Waals surface area contributed by atoms with Crippen molar-refractivity contribution in [1.29, 1.82) is 0 Å². The molecule has 1 saturated carbocycles. The molecule has 0 aromatic heterocycles. The Bertz CT molecular complexity index is 422. The van der Waals surface area contributed by atoms with Crippen LogP contribution in [-0.4, -0.2) is 25.2 Å². The molecule has 1 aliphatic carbocycles. The van der Waals surface area contributed by atoms with Gasteiger partial charge >= 0.3 is 11.9 Å². The summed E-state index contributed by atoms with van der Waals surface area (Å²) in [6.07, 6.45) is 2.01. The molecule has 1 aliphatic rings. The number of halogens is 1. The van der Waals surface area contributed by atoms with E-state index in [0.717, 1.165) is 0 Å².